The SMILES string of the molecule is NC(=O)OCc1cc(-c2ccc(OCc3cccc(C=O)c3)cc2)no1. The van der Waals surface area contributed by atoms with Gasteiger partial charge in [0.1, 0.15) is 24.3 Å². The highest BCUT2D eigenvalue weighted by atomic mass is 16.6. The summed E-state index contributed by atoms with van der Waals surface area (Å²) in [6.45, 7) is 0.295. The molecule has 0 aliphatic rings. The molecular formula is C19H16N2O5. The molecule has 26 heavy (non-hydrogen) atoms. The van der Waals surface area contributed by atoms with Crippen LogP contribution in [0.15, 0.2) is 59.1 Å². The van der Waals surface area contributed by atoms with Crippen LogP contribution in [0.25, 0.3) is 11.3 Å². The van der Waals surface area contributed by atoms with Crippen molar-refractivity contribution in [3.63, 3.8) is 0 Å². The first-order chi connectivity index (χ1) is 12.6. The summed E-state index contributed by atoms with van der Waals surface area (Å²) >= 11 is 0. The Kier molecular flexibility index (Phi) is 5.28. The highest BCUT2D eigenvalue weighted by Crippen LogP contribution is 2.23. The number of nitrogens with zero attached hydrogens (tertiary/aromatic N) is 1. The Balaban J connectivity index is 1.61. The topological polar surface area (TPSA) is 105 Å². The smallest absolute Gasteiger partial charge is 0.404 e. The molecule has 2 aromatic carbocycles. The van der Waals surface area contributed by atoms with Crippen molar-refractivity contribution in [1.82, 2.24) is 5.16 Å². The van der Waals surface area contributed by atoms with Gasteiger partial charge < -0.3 is 19.7 Å². The second-order valence-electron chi connectivity index (χ2n) is 5.46. The fourth-order valence-electron chi connectivity index (χ4n) is 2.30. The van der Waals surface area contributed by atoms with E-state index < -0.39 is 6.09 Å². The van der Waals surface area contributed by atoms with Crippen molar-refractivity contribution < 1.29 is 23.6 Å². The van der Waals surface area contributed by atoms with Crippen LogP contribution in [0.5, 0.6) is 5.75 Å². The van der Waals surface area contributed by atoms with Gasteiger partial charge in [0.05, 0.1) is 0 Å². The van der Waals surface area contributed by atoms with Crippen molar-refractivity contribution in [2.75, 3.05) is 0 Å². The van der Waals surface area contributed by atoms with Gasteiger partial charge in [-0.15, -0.1) is 0 Å². The largest absolute Gasteiger partial charge is 0.489 e. The Bertz CT molecular complexity index is 902. The van der Waals surface area contributed by atoms with Crippen LogP contribution in [0.2, 0.25) is 0 Å². The minimum atomic E-state index is -0.872. The number of rotatable bonds is 7. The van der Waals surface area contributed by atoms with Crippen LogP contribution in [0, 0.1) is 0 Å². The third-order valence-corrected chi connectivity index (χ3v) is 3.56. The molecule has 7 nitrogen and oxygen atoms in total. The first-order valence-corrected chi connectivity index (χ1v) is 7.79. The summed E-state index contributed by atoms with van der Waals surface area (Å²) in [7, 11) is 0. The molecule has 0 saturated heterocycles. The maximum atomic E-state index is 10.8. The number of nitrogens with two attached hydrogens (primary N) is 1. The van der Waals surface area contributed by atoms with Crippen molar-refractivity contribution in [3.8, 4) is 17.0 Å². The number of hydrogen-bond acceptors (Lipinski definition) is 6. The van der Waals surface area contributed by atoms with Gasteiger partial charge in [-0.2, -0.15) is 0 Å². The zero-order chi connectivity index (χ0) is 18.4. The standard InChI is InChI=1S/C19H16N2O5/c20-19(23)25-12-17-9-18(21-26-17)15-4-6-16(7-5-15)24-11-14-3-1-2-13(8-14)10-22/h1-10H,11-12H2,(H2,20,23). The van der Waals surface area contributed by atoms with E-state index in [9.17, 15) is 9.59 Å². The molecule has 2 N–H and O–H groups in total. The summed E-state index contributed by atoms with van der Waals surface area (Å²) in [6, 6.07) is 16.2. The second kappa shape index (κ2) is 7.98. The summed E-state index contributed by atoms with van der Waals surface area (Å²) in [5, 5.41) is 3.93. The molecule has 132 valence electrons. The van der Waals surface area contributed by atoms with E-state index in [2.05, 4.69) is 9.89 Å². The van der Waals surface area contributed by atoms with Crippen LogP contribution in [0.1, 0.15) is 21.7 Å². The molecule has 0 radical (unpaired) electrons. The van der Waals surface area contributed by atoms with E-state index in [0.717, 1.165) is 17.4 Å². The molecule has 1 aromatic heterocycles. The van der Waals surface area contributed by atoms with Crippen molar-refractivity contribution in [1.29, 1.82) is 0 Å². The van der Waals surface area contributed by atoms with Crippen LogP contribution in [-0.2, 0) is 18.0 Å². The Morgan fingerprint density at radius 3 is 2.65 bits per heavy atom. The minimum Gasteiger partial charge on any atom is -0.489 e. The van der Waals surface area contributed by atoms with Crippen LogP contribution in [0.3, 0.4) is 0 Å². The number of hydrogen-bond donors (Lipinski definition) is 1. The van der Waals surface area contributed by atoms with Gasteiger partial charge in [0.25, 0.3) is 0 Å². The summed E-state index contributed by atoms with van der Waals surface area (Å²) in [5.41, 5.74) is 7.87. The molecule has 0 fully saturated rings. The number of benzene rings is 2. The molecule has 3 rings (SSSR count). The normalized spacial score (nSPS) is 10.3. The van der Waals surface area contributed by atoms with Crippen LogP contribution < -0.4 is 10.5 Å². The molecular weight excluding hydrogens is 336 g/mol. The maximum absolute atomic E-state index is 10.8. The van der Waals surface area contributed by atoms with Gasteiger partial charge in [-0.25, -0.2) is 4.79 Å². The van der Waals surface area contributed by atoms with Gasteiger partial charge in [-0.3, -0.25) is 4.79 Å². The van der Waals surface area contributed by atoms with Gasteiger partial charge in [0, 0.05) is 17.2 Å². The first kappa shape index (κ1) is 17.2. The van der Waals surface area contributed by atoms with Crippen molar-refractivity contribution in [2.45, 2.75) is 13.2 Å². The molecule has 1 amide bonds. The van der Waals surface area contributed by atoms with Gasteiger partial charge in [0.15, 0.2) is 12.4 Å². The van der Waals surface area contributed by atoms with Crippen LogP contribution in [0.4, 0.5) is 4.79 Å². The quantitative estimate of drug-likeness (QED) is 0.654. The van der Waals surface area contributed by atoms with Gasteiger partial charge >= 0.3 is 6.09 Å². The van der Waals surface area contributed by atoms with Gasteiger partial charge in [0.2, 0.25) is 0 Å². The van der Waals surface area contributed by atoms with Crippen LogP contribution >= 0.6 is 0 Å². The molecule has 0 atom stereocenters. The fourth-order valence-corrected chi connectivity index (χ4v) is 2.30. The summed E-state index contributed by atoms with van der Waals surface area (Å²) in [5.74, 6) is 1.08. The molecule has 7 heteroatoms. The van der Waals surface area contributed by atoms with Crippen molar-refractivity contribution in [3.05, 3.63) is 71.5 Å². The number of carbonyl (C=O) groups is 2. The third-order valence-electron chi connectivity index (χ3n) is 3.56. The lowest BCUT2D eigenvalue weighted by Gasteiger charge is -2.07. The predicted molar refractivity (Wildman–Crippen MR) is 92.5 cm³/mol. The molecule has 0 saturated carbocycles. The summed E-state index contributed by atoms with van der Waals surface area (Å²) in [4.78, 5) is 21.4. The monoisotopic (exact) mass is 352 g/mol. The number of ether oxygens (including phenoxy) is 2. The van der Waals surface area contributed by atoms with Crippen molar-refractivity contribution in [2.24, 2.45) is 5.73 Å². The van der Waals surface area contributed by atoms with E-state index in [4.69, 9.17) is 15.0 Å². The summed E-state index contributed by atoms with van der Waals surface area (Å²) in [6.07, 6.45) is -0.0676. The van der Waals surface area contributed by atoms with E-state index >= 15 is 0 Å². The third kappa shape index (κ3) is 4.47. The Morgan fingerprint density at radius 1 is 1.12 bits per heavy atom. The van der Waals surface area contributed by atoms with E-state index in [1.807, 2.05) is 36.4 Å². The van der Waals surface area contributed by atoms with E-state index in [1.165, 1.54) is 0 Å². The molecule has 0 aliphatic heterocycles. The van der Waals surface area contributed by atoms with E-state index in [1.54, 1.807) is 18.2 Å². The molecule has 0 unspecified atom stereocenters. The van der Waals surface area contributed by atoms with Gasteiger partial charge in [-0.1, -0.05) is 23.4 Å². The van der Waals surface area contributed by atoms with E-state index in [0.29, 0.717) is 29.4 Å². The Labute approximate surface area is 149 Å². The predicted octanol–water partition coefficient (Wildman–Crippen LogP) is 3.33. The fraction of sp³-hybridized carbons (Fsp3) is 0.105. The summed E-state index contributed by atoms with van der Waals surface area (Å²) < 4.78 is 15.5. The Hall–Kier alpha value is -3.61. The zero-order valence-corrected chi connectivity index (χ0v) is 13.8. The van der Waals surface area contributed by atoms with Gasteiger partial charge in [-0.05, 0) is 35.9 Å². The lowest BCUT2D eigenvalue weighted by Crippen LogP contribution is -2.12. The second-order valence-corrected chi connectivity index (χ2v) is 5.46. The number of aromatic nitrogens is 1. The molecule has 0 aliphatic carbocycles. The number of aldehydes is 1. The first-order valence-electron chi connectivity index (χ1n) is 7.79. The average Bonchev–Trinajstić information content (AvgIpc) is 3.14. The molecule has 3 aromatic rings. The maximum Gasteiger partial charge on any atom is 0.404 e. The number of carbonyl (C=O) groups excluding carboxylic acids is 2. The molecule has 1 heterocycles. The minimum absolute atomic E-state index is 0.0661. The highest BCUT2D eigenvalue weighted by molar-refractivity contribution is 5.74. The molecule has 0 spiro atoms. The number of primary amides is 1. The van der Waals surface area contributed by atoms with E-state index in [-0.39, 0.29) is 6.61 Å². The average molecular weight is 352 g/mol. The zero-order valence-electron chi connectivity index (χ0n) is 13.8. The lowest BCUT2D eigenvalue weighted by molar-refractivity contribution is 0.112. The lowest BCUT2D eigenvalue weighted by atomic mass is 10.1. The molecule has 0 bridgehead atoms. The van der Waals surface area contributed by atoms with Crippen LogP contribution in [-0.4, -0.2) is 17.5 Å². The Morgan fingerprint density at radius 2 is 1.92 bits per heavy atom. The highest BCUT2D eigenvalue weighted by Gasteiger charge is 2.08. The van der Waals surface area contributed by atoms with Crippen molar-refractivity contribution >= 4 is 12.4 Å². The number of amides is 1.